The first kappa shape index (κ1) is 10.3. The minimum atomic E-state index is -0.405. The molecule has 0 spiro atoms. The van der Waals surface area contributed by atoms with Gasteiger partial charge in [-0.15, -0.1) is 0 Å². The molecule has 0 aromatic heterocycles. The van der Waals surface area contributed by atoms with Gasteiger partial charge in [-0.05, 0) is 19.1 Å². The van der Waals surface area contributed by atoms with Crippen molar-refractivity contribution in [1.29, 1.82) is 0 Å². The molecular formula is C11H12O3. The normalized spacial score (nSPS) is 10.9. The lowest BCUT2D eigenvalue weighted by molar-refractivity contribution is -0.130. The lowest BCUT2D eigenvalue weighted by Crippen LogP contribution is -2.09. The molecule has 0 amide bonds. The predicted molar refractivity (Wildman–Crippen MR) is 52.8 cm³/mol. The van der Waals surface area contributed by atoms with E-state index in [9.17, 15) is 4.79 Å². The summed E-state index contributed by atoms with van der Waals surface area (Å²) in [7, 11) is 1.49. The van der Waals surface area contributed by atoms with Crippen LogP contribution in [-0.2, 0) is 9.53 Å². The molecule has 0 N–H and O–H groups in total. The molecule has 0 unspecified atom stereocenters. The molecule has 14 heavy (non-hydrogen) atoms. The van der Waals surface area contributed by atoms with E-state index in [1.165, 1.54) is 13.4 Å². The van der Waals surface area contributed by atoms with Crippen LogP contribution in [0, 0.1) is 0 Å². The second kappa shape index (κ2) is 5.07. The van der Waals surface area contributed by atoms with Crippen molar-refractivity contribution < 1.29 is 14.3 Å². The highest BCUT2D eigenvalue weighted by Gasteiger charge is 2.06. The molecule has 0 aliphatic heterocycles. The summed E-state index contributed by atoms with van der Waals surface area (Å²) in [6.07, 6.45) is 1.35. The number of esters is 1. The Morgan fingerprint density at radius 1 is 1.29 bits per heavy atom. The third kappa shape index (κ3) is 2.94. The molecule has 74 valence electrons. The number of methoxy groups -OCH3 is 1. The molecule has 0 heterocycles. The van der Waals surface area contributed by atoms with Crippen LogP contribution >= 0.6 is 0 Å². The number of para-hydroxylation sites is 1. The van der Waals surface area contributed by atoms with Crippen LogP contribution in [0.1, 0.15) is 6.92 Å². The maximum absolute atomic E-state index is 11.3. The fourth-order valence-corrected chi connectivity index (χ4v) is 0.901. The van der Waals surface area contributed by atoms with Crippen LogP contribution < -0.4 is 4.74 Å². The van der Waals surface area contributed by atoms with Crippen molar-refractivity contribution in [2.45, 2.75) is 6.92 Å². The van der Waals surface area contributed by atoms with Gasteiger partial charge < -0.3 is 9.47 Å². The largest absolute Gasteiger partial charge is 0.504 e. The van der Waals surface area contributed by atoms with Crippen molar-refractivity contribution in [3.8, 4) is 5.75 Å². The molecule has 1 aromatic carbocycles. The molecule has 0 bridgehead atoms. The second-order valence-electron chi connectivity index (χ2n) is 2.74. The molecule has 0 radical (unpaired) electrons. The molecule has 3 nitrogen and oxygen atoms in total. The second-order valence-corrected chi connectivity index (χ2v) is 2.74. The molecule has 0 saturated carbocycles. The molecular weight excluding hydrogens is 180 g/mol. The Balaban J connectivity index is 2.62. The van der Waals surface area contributed by atoms with Crippen molar-refractivity contribution in [2.24, 2.45) is 0 Å². The Hall–Kier alpha value is -1.77. The van der Waals surface area contributed by atoms with Crippen molar-refractivity contribution in [3.05, 3.63) is 42.2 Å². The van der Waals surface area contributed by atoms with E-state index >= 15 is 0 Å². The minimum absolute atomic E-state index is 0.405. The predicted octanol–water partition coefficient (Wildman–Crippen LogP) is 2.14. The Labute approximate surface area is 83.0 Å². The summed E-state index contributed by atoms with van der Waals surface area (Å²) in [6.45, 7) is 1.63. The van der Waals surface area contributed by atoms with Gasteiger partial charge in [0.2, 0.25) is 0 Å². The van der Waals surface area contributed by atoms with Crippen LogP contribution in [0.15, 0.2) is 42.2 Å². The summed E-state index contributed by atoms with van der Waals surface area (Å²) in [5, 5.41) is 0. The highest BCUT2D eigenvalue weighted by molar-refractivity contribution is 5.89. The minimum Gasteiger partial charge on any atom is -0.504 e. The summed E-state index contributed by atoms with van der Waals surface area (Å²) >= 11 is 0. The number of rotatable bonds is 3. The Bertz CT molecular complexity index is 328. The summed E-state index contributed by atoms with van der Waals surface area (Å²) in [5.41, 5.74) is 0.427. The number of hydrogen-bond acceptors (Lipinski definition) is 3. The lowest BCUT2D eigenvalue weighted by atomic mass is 10.3. The van der Waals surface area contributed by atoms with Gasteiger partial charge in [0, 0.05) is 0 Å². The van der Waals surface area contributed by atoms with E-state index in [0.717, 1.165) is 0 Å². The summed E-state index contributed by atoms with van der Waals surface area (Å²) < 4.78 is 9.74. The van der Waals surface area contributed by atoms with Crippen LogP contribution in [0.3, 0.4) is 0 Å². The van der Waals surface area contributed by atoms with E-state index in [-0.39, 0.29) is 0 Å². The molecule has 1 aromatic rings. The van der Waals surface area contributed by atoms with Gasteiger partial charge in [0.15, 0.2) is 0 Å². The van der Waals surface area contributed by atoms with Crippen molar-refractivity contribution in [2.75, 3.05) is 7.11 Å². The summed E-state index contributed by atoms with van der Waals surface area (Å²) in [4.78, 5) is 11.3. The molecule has 3 heteroatoms. The van der Waals surface area contributed by atoms with Crippen LogP contribution in [0.25, 0.3) is 0 Å². The first-order valence-corrected chi connectivity index (χ1v) is 4.21. The van der Waals surface area contributed by atoms with Gasteiger partial charge in [0.25, 0.3) is 0 Å². The number of carbonyl (C=O) groups excluding carboxylic acids is 1. The van der Waals surface area contributed by atoms with E-state index in [1.807, 2.05) is 6.07 Å². The van der Waals surface area contributed by atoms with Crippen LogP contribution in [0.5, 0.6) is 5.75 Å². The van der Waals surface area contributed by atoms with Crippen LogP contribution in [0.2, 0.25) is 0 Å². The molecule has 1 rings (SSSR count). The molecule has 0 aliphatic carbocycles. The van der Waals surface area contributed by atoms with Crippen molar-refractivity contribution in [3.63, 3.8) is 0 Å². The van der Waals surface area contributed by atoms with E-state index in [4.69, 9.17) is 9.47 Å². The maximum atomic E-state index is 11.3. The van der Waals surface area contributed by atoms with Gasteiger partial charge in [-0.1, -0.05) is 18.2 Å². The Kier molecular flexibility index (Phi) is 3.73. The van der Waals surface area contributed by atoms with E-state index in [0.29, 0.717) is 11.3 Å². The fourth-order valence-electron chi connectivity index (χ4n) is 0.901. The maximum Gasteiger partial charge on any atom is 0.342 e. The van der Waals surface area contributed by atoms with Gasteiger partial charge >= 0.3 is 5.97 Å². The van der Waals surface area contributed by atoms with Gasteiger partial charge in [-0.2, -0.15) is 0 Å². The van der Waals surface area contributed by atoms with E-state index in [2.05, 4.69) is 0 Å². The number of hydrogen-bond donors (Lipinski definition) is 0. The molecule has 0 fully saturated rings. The molecule has 0 atom stereocenters. The number of carbonyl (C=O) groups is 1. The van der Waals surface area contributed by atoms with Crippen molar-refractivity contribution >= 4 is 5.97 Å². The fraction of sp³-hybridized carbons (Fsp3) is 0.182. The first-order valence-electron chi connectivity index (χ1n) is 4.21. The van der Waals surface area contributed by atoms with Gasteiger partial charge in [0.05, 0.1) is 18.9 Å². The molecule has 0 aliphatic rings. The Morgan fingerprint density at radius 3 is 2.50 bits per heavy atom. The van der Waals surface area contributed by atoms with Crippen LogP contribution in [0.4, 0.5) is 0 Å². The average molecular weight is 192 g/mol. The quantitative estimate of drug-likeness (QED) is 0.318. The monoisotopic (exact) mass is 192 g/mol. The zero-order valence-electron chi connectivity index (χ0n) is 8.19. The number of benzene rings is 1. The highest BCUT2D eigenvalue weighted by atomic mass is 16.5. The zero-order chi connectivity index (χ0) is 10.4. The SMILES string of the molecule is CO/C=C(\C)C(=O)Oc1ccccc1. The smallest absolute Gasteiger partial charge is 0.342 e. The zero-order valence-corrected chi connectivity index (χ0v) is 8.19. The lowest BCUT2D eigenvalue weighted by Gasteiger charge is -2.03. The Morgan fingerprint density at radius 2 is 1.93 bits per heavy atom. The first-order chi connectivity index (χ1) is 6.74. The van der Waals surface area contributed by atoms with Crippen molar-refractivity contribution in [1.82, 2.24) is 0 Å². The number of ether oxygens (including phenoxy) is 2. The third-order valence-corrected chi connectivity index (χ3v) is 1.57. The molecule has 0 saturated heterocycles. The highest BCUT2D eigenvalue weighted by Crippen LogP contribution is 2.10. The van der Waals surface area contributed by atoms with Crippen LogP contribution in [-0.4, -0.2) is 13.1 Å². The van der Waals surface area contributed by atoms with E-state index < -0.39 is 5.97 Å². The third-order valence-electron chi connectivity index (χ3n) is 1.57. The van der Waals surface area contributed by atoms with Gasteiger partial charge in [-0.25, -0.2) is 4.79 Å². The van der Waals surface area contributed by atoms with Gasteiger partial charge in [0.1, 0.15) is 5.75 Å². The standard InChI is InChI=1S/C11H12O3/c1-9(8-13-2)11(12)14-10-6-4-3-5-7-10/h3-8H,1-2H3/b9-8+. The summed E-state index contributed by atoms with van der Waals surface area (Å²) in [5.74, 6) is 0.124. The topological polar surface area (TPSA) is 35.5 Å². The van der Waals surface area contributed by atoms with Gasteiger partial charge in [-0.3, -0.25) is 0 Å². The summed E-state index contributed by atoms with van der Waals surface area (Å²) in [6, 6.07) is 8.90. The average Bonchev–Trinajstić information content (AvgIpc) is 2.19. The van der Waals surface area contributed by atoms with E-state index in [1.54, 1.807) is 31.2 Å².